The lowest BCUT2D eigenvalue weighted by atomic mass is 9.87. The molecule has 0 bridgehead atoms. The lowest BCUT2D eigenvalue weighted by molar-refractivity contribution is 0.0972. The number of aliphatic hydroxyl groups is 1. The van der Waals surface area contributed by atoms with Crippen LogP contribution in [0, 0.1) is 11.7 Å². The van der Waals surface area contributed by atoms with E-state index < -0.39 is 6.10 Å². The van der Waals surface area contributed by atoms with Crippen LogP contribution in [-0.2, 0) is 0 Å². The van der Waals surface area contributed by atoms with Crippen molar-refractivity contribution < 1.29 is 9.50 Å². The maximum absolute atomic E-state index is 13.5. The van der Waals surface area contributed by atoms with E-state index in [1.807, 2.05) is 13.8 Å². The van der Waals surface area contributed by atoms with Gasteiger partial charge in [-0.1, -0.05) is 32.0 Å². The Balaban J connectivity index is 2.97. The Labute approximate surface area is 89.9 Å². The Hall–Kier alpha value is -0.930. The first-order valence-corrected chi connectivity index (χ1v) is 5.20. The molecule has 2 unspecified atom stereocenters. The molecule has 0 saturated heterocycles. The summed E-state index contributed by atoms with van der Waals surface area (Å²) in [6.07, 6.45) is -0.605. The van der Waals surface area contributed by atoms with Crippen molar-refractivity contribution in [3.8, 4) is 0 Å². The zero-order chi connectivity index (χ0) is 11.4. The zero-order valence-electron chi connectivity index (χ0n) is 9.15. The second-order valence-electron chi connectivity index (χ2n) is 4.10. The van der Waals surface area contributed by atoms with E-state index in [9.17, 15) is 9.50 Å². The van der Waals surface area contributed by atoms with E-state index in [0.717, 1.165) is 0 Å². The van der Waals surface area contributed by atoms with Crippen LogP contribution in [0.5, 0.6) is 0 Å². The summed E-state index contributed by atoms with van der Waals surface area (Å²) >= 11 is 0. The Bertz CT molecular complexity index is 314. The highest BCUT2D eigenvalue weighted by Gasteiger charge is 2.24. The number of benzene rings is 1. The van der Waals surface area contributed by atoms with Crippen LogP contribution in [0.3, 0.4) is 0 Å². The van der Waals surface area contributed by atoms with E-state index in [2.05, 4.69) is 0 Å². The monoisotopic (exact) mass is 211 g/mol. The van der Waals surface area contributed by atoms with Crippen molar-refractivity contribution in [1.82, 2.24) is 0 Å². The van der Waals surface area contributed by atoms with Gasteiger partial charge in [0.05, 0.1) is 6.10 Å². The van der Waals surface area contributed by atoms with Gasteiger partial charge in [-0.2, -0.15) is 0 Å². The van der Waals surface area contributed by atoms with E-state index in [-0.39, 0.29) is 24.2 Å². The van der Waals surface area contributed by atoms with Gasteiger partial charge in [-0.3, -0.25) is 0 Å². The average molecular weight is 211 g/mol. The predicted molar refractivity (Wildman–Crippen MR) is 59.0 cm³/mol. The predicted octanol–water partition coefficient (Wildman–Crippen LogP) is 1.88. The summed E-state index contributed by atoms with van der Waals surface area (Å²) in [5.41, 5.74) is 6.09. The van der Waals surface area contributed by atoms with Gasteiger partial charge >= 0.3 is 0 Å². The lowest BCUT2D eigenvalue weighted by Gasteiger charge is -2.25. The molecule has 0 fully saturated rings. The van der Waals surface area contributed by atoms with Crippen molar-refractivity contribution in [3.05, 3.63) is 35.6 Å². The van der Waals surface area contributed by atoms with E-state index in [4.69, 9.17) is 5.73 Å². The number of rotatable bonds is 4. The van der Waals surface area contributed by atoms with Crippen LogP contribution in [0.2, 0.25) is 0 Å². The van der Waals surface area contributed by atoms with Crippen molar-refractivity contribution in [3.63, 3.8) is 0 Å². The molecule has 84 valence electrons. The Kier molecular flexibility index (Phi) is 4.24. The fraction of sp³-hybridized carbons (Fsp3) is 0.500. The lowest BCUT2D eigenvalue weighted by Crippen LogP contribution is -2.30. The minimum atomic E-state index is -0.605. The normalized spacial score (nSPS) is 15.3. The summed E-state index contributed by atoms with van der Waals surface area (Å²) in [4.78, 5) is 0. The third-order valence-corrected chi connectivity index (χ3v) is 2.65. The van der Waals surface area contributed by atoms with Crippen LogP contribution in [0.4, 0.5) is 4.39 Å². The standard InChI is InChI=1S/C12H18FNO/c1-8(2)12(15)10(7-14)9-5-3-4-6-11(9)13/h3-6,8,10,12,15H,7,14H2,1-2H3. The molecule has 0 aliphatic rings. The third kappa shape index (κ3) is 2.76. The zero-order valence-corrected chi connectivity index (χ0v) is 9.15. The molecule has 0 amide bonds. The van der Waals surface area contributed by atoms with Crippen LogP contribution in [0.25, 0.3) is 0 Å². The van der Waals surface area contributed by atoms with E-state index >= 15 is 0 Å². The Morgan fingerprint density at radius 3 is 2.40 bits per heavy atom. The molecule has 0 saturated carbocycles. The van der Waals surface area contributed by atoms with Gasteiger partial charge in [-0.25, -0.2) is 4.39 Å². The molecule has 1 aromatic carbocycles. The van der Waals surface area contributed by atoms with Crippen LogP contribution in [0.15, 0.2) is 24.3 Å². The van der Waals surface area contributed by atoms with Crippen molar-refractivity contribution >= 4 is 0 Å². The largest absolute Gasteiger partial charge is 0.392 e. The topological polar surface area (TPSA) is 46.2 Å². The molecule has 0 aliphatic carbocycles. The summed E-state index contributed by atoms with van der Waals surface area (Å²) in [6.45, 7) is 4.04. The van der Waals surface area contributed by atoms with Gasteiger partial charge in [0.15, 0.2) is 0 Å². The first-order chi connectivity index (χ1) is 7.07. The maximum Gasteiger partial charge on any atom is 0.126 e. The number of nitrogens with two attached hydrogens (primary N) is 1. The molecule has 2 atom stereocenters. The molecule has 0 aromatic heterocycles. The first-order valence-electron chi connectivity index (χ1n) is 5.20. The van der Waals surface area contributed by atoms with Gasteiger partial charge in [-0.15, -0.1) is 0 Å². The SMILES string of the molecule is CC(C)C(O)C(CN)c1ccccc1F. The first kappa shape index (κ1) is 12.1. The summed E-state index contributed by atoms with van der Waals surface area (Å²) in [5, 5.41) is 9.92. The summed E-state index contributed by atoms with van der Waals surface area (Å²) < 4.78 is 13.5. The maximum atomic E-state index is 13.5. The Morgan fingerprint density at radius 2 is 1.93 bits per heavy atom. The molecular weight excluding hydrogens is 193 g/mol. The number of hydrogen-bond donors (Lipinski definition) is 2. The van der Waals surface area contributed by atoms with E-state index in [1.165, 1.54) is 6.07 Å². The minimum absolute atomic E-state index is 0.0677. The van der Waals surface area contributed by atoms with Crippen LogP contribution < -0.4 is 5.73 Å². The van der Waals surface area contributed by atoms with Gasteiger partial charge in [0.1, 0.15) is 5.82 Å². The number of aliphatic hydroxyl groups excluding tert-OH is 1. The molecule has 0 radical (unpaired) electrons. The average Bonchev–Trinajstić information content (AvgIpc) is 2.21. The van der Waals surface area contributed by atoms with E-state index in [1.54, 1.807) is 18.2 Å². The van der Waals surface area contributed by atoms with Crippen molar-refractivity contribution in [2.75, 3.05) is 6.54 Å². The highest BCUT2D eigenvalue weighted by Crippen LogP contribution is 2.25. The van der Waals surface area contributed by atoms with Crippen LogP contribution in [0.1, 0.15) is 25.3 Å². The minimum Gasteiger partial charge on any atom is -0.392 e. The molecule has 0 heterocycles. The molecule has 0 spiro atoms. The molecule has 2 nitrogen and oxygen atoms in total. The molecular formula is C12H18FNO. The molecule has 15 heavy (non-hydrogen) atoms. The summed E-state index contributed by atoms with van der Waals surface area (Å²) in [6, 6.07) is 6.46. The quantitative estimate of drug-likeness (QED) is 0.798. The second kappa shape index (κ2) is 5.24. The number of hydrogen-bond acceptors (Lipinski definition) is 2. The van der Waals surface area contributed by atoms with Crippen LogP contribution >= 0.6 is 0 Å². The Morgan fingerprint density at radius 1 is 1.33 bits per heavy atom. The number of halogens is 1. The van der Waals surface area contributed by atoms with E-state index in [0.29, 0.717) is 5.56 Å². The third-order valence-electron chi connectivity index (χ3n) is 2.65. The fourth-order valence-electron chi connectivity index (χ4n) is 1.69. The van der Waals surface area contributed by atoms with Gasteiger partial charge in [0.25, 0.3) is 0 Å². The van der Waals surface area contributed by atoms with Gasteiger partial charge in [0, 0.05) is 12.5 Å². The molecule has 1 aromatic rings. The van der Waals surface area contributed by atoms with Gasteiger partial charge < -0.3 is 10.8 Å². The molecule has 1 rings (SSSR count). The highest BCUT2D eigenvalue weighted by atomic mass is 19.1. The van der Waals surface area contributed by atoms with Crippen molar-refractivity contribution in [2.24, 2.45) is 11.7 Å². The highest BCUT2D eigenvalue weighted by molar-refractivity contribution is 5.23. The van der Waals surface area contributed by atoms with Crippen LogP contribution in [-0.4, -0.2) is 17.8 Å². The van der Waals surface area contributed by atoms with Crippen molar-refractivity contribution in [1.29, 1.82) is 0 Å². The second-order valence-corrected chi connectivity index (χ2v) is 4.10. The van der Waals surface area contributed by atoms with Gasteiger partial charge in [0.2, 0.25) is 0 Å². The van der Waals surface area contributed by atoms with Gasteiger partial charge in [-0.05, 0) is 17.5 Å². The molecule has 0 aliphatic heterocycles. The smallest absolute Gasteiger partial charge is 0.126 e. The summed E-state index contributed by atoms with van der Waals surface area (Å²) in [7, 11) is 0. The van der Waals surface area contributed by atoms with Crippen molar-refractivity contribution in [2.45, 2.75) is 25.9 Å². The summed E-state index contributed by atoms with van der Waals surface area (Å²) in [5.74, 6) is -0.558. The molecule has 3 heteroatoms. The molecule has 3 N–H and O–H groups in total. The fourth-order valence-corrected chi connectivity index (χ4v) is 1.69.